The number of rotatable bonds is 4. The lowest BCUT2D eigenvalue weighted by atomic mass is 10.2. The molecule has 0 saturated carbocycles. The van der Waals surface area contributed by atoms with E-state index in [1.165, 1.54) is 6.08 Å². The lowest BCUT2D eigenvalue weighted by molar-refractivity contribution is -0.127. The minimum atomic E-state index is -2.98. The highest BCUT2D eigenvalue weighted by Gasteiger charge is 2.33. The number of hydrogen-bond donors (Lipinski definition) is 0. The van der Waals surface area contributed by atoms with Gasteiger partial charge < -0.3 is 9.32 Å². The van der Waals surface area contributed by atoms with Crippen LogP contribution in [0, 0.1) is 6.92 Å². The van der Waals surface area contributed by atoms with Gasteiger partial charge in [-0.3, -0.25) is 4.79 Å². The largest absolute Gasteiger partial charge is 0.462 e. The van der Waals surface area contributed by atoms with Gasteiger partial charge in [-0.1, -0.05) is 0 Å². The van der Waals surface area contributed by atoms with Crippen molar-refractivity contribution in [3.63, 3.8) is 0 Å². The Bertz CT molecular complexity index is 615. The van der Waals surface area contributed by atoms with Gasteiger partial charge in [-0.25, -0.2) is 8.42 Å². The van der Waals surface area contributed by atoms with Crippen molar-refractivity contribution in [3.8, 4) is 0 Å². The maximum Gasteiger partial charge on any atom is 0.246 e. The lowest BCUT2D eigenvalue weighted by Crippen LogP contribution is -2.39. The third-order valence-corrected chi connectivity index (χ3v) is 5.17. The standard InChI is InChI=1S/C14H19NO4S/c1-3-15(12-8-9-20(17,18)10-12)14(16)7-6-13-5-4-11(2)19-13/h4-7,12H,3,8-10H2,1-2H3/b7-6+. The van der Waals surface area contributed by atoms with Crippen LogP contribution in [0.2, 0.25) is 0 Å². The van der Waals surface area contributed by atoms with Crippen LogP contribution in [0.4, 0.5) is 0 Å². The SMILES string of the molecule is CCN(C(=O)/C=C/c1ccc(C)o1)C1CCS(=O)(=O)C1. The van der Waals surface area contributed by atoms with Crippen molar-refractivity contribution >= 4 is 21.8 Å². The summed E-state index contributed by atoms with van der Waals surface area (Å²) < 4.78 is 28.3. The molecule has 1 aliphatic heterocycles. The Labute approximate surface area is 119 Å². The molecule has 0 radical (unpaired) electrons. The normalized spacial score (nSPS) is 21.4. The molecule has 0 aromatic carbocycles. The second-order valence-electron chi connectivity index (χ2n) is 4.96. The highest BCUT2D eigenvalue weighted by molar-refractivity contribution is 7.91. The molecule has 0 N–H and O–H groups in total. The van der Waals surface area contributed by atoms with Crippen LogP contribution in [0.5, 0.6) is 0 Å². The molecule has 0 bridgehead atoms. The van der Waals surface area contributed by atoms with Gasteiger partial charge in [0.15, 0.2) is 9.84 Å². The maximum atomic E-state index is 12.2. The van der Waals surface area contributed by atoms with E-state index < -0.39 is 9.84 Å². The second-order valence-corrected chi connectivity index (χ2v) is 7.19. The summed E-state index contributed by atoms with van der Waals surface area (Å²) >= 11 is 0. The van der Waals surface area contributed by atoms with E-state index in [0.29, 0.717) is 18.7 Å². The van der Waals surface area contributed by atoms with E-state index in [1.807, 2.05) is 19.9 Å². The number of likely N-dealkylation sites (N-methyl/N-ethyl adjacent to an activating group) is 1. The number of furan rings is 1. The van der Waals surface area contributed by atoms with Gasteiger partial charge in [0, 0.05) is 18.7 Å². The number of nitrogens with zero attached hydrogens (tertiary/aromatic N) is 1. The average Bonchev–Trinajstić information content (AvgIpc) is 2.94. The fourth-order valence-electron chi connectivity index (χ4n) is 2.41. The molecule has 1 aliphatic rings. The first-order valence-corrected chi connectivity index (χ1v) is 8.49. The third kappa shape index (κ3) is 3.50. The summed E-state index contributed by atoms with van der Waals surface area (Å²) in [5.41, 5.74) is 0. The van der Waals surface area contributed by atoms with E-state index in [0.717, 1.165) is 5.76 Å². The van der Waals surface area contributed by atoms with E-state index in [2.05, 4.69) is 0 Å². The molecule has 20 heavy (non-hydrogen) atoms. The summed E-state index contributed by atoms with van der Waals surface area (Å²) in [6.45, 7) is 4.19. The van der Waals surface area contributed by atoms with E-state index in [9.17, 15) is 13.2 Å². The summed E-state index contributed by atoms with van der Waals surface area (Å²) in [6.07, 6.45) is 3.57. The zero-order valence-corrected chi connectivity index (χ0v) is 12.5. The Kier molecular flexibility index (Phi) is 4.32. The van der Waals surface area contributed by atoms with E-state index >= 15 is 0 Å². The van der Waals surface area contributed by atoms with Crippen LogP contribution in [-0.4, -0.2) is 43.3 Å². The van der Waals surface area contributed by atoms with Crippen molar-refractivity contribution in [1.82, 2.24) is 4.90 Å². The first-order valence-electron chi connectivity index (χ1n) is 6.67. The fourth-order valence-corrected chi connectivity index (χ4v) is 4.14. The van der Waals surface area contributed by atoms with Gasteiger partial charge in [-0.05, 0) is 38.5 Å². The van der Waals surface area contributed by atoms with Crippen molar-refractivity contribution in [2.45, 2.75) is 26.3 Å². The van der Waals surface area contributed by atoms with Crippen LogP contribution in [0.3, 0.4) is 0 Å². The number of carbonyl (C=O) groups excluding carboxylic acids is 1. The van der Waals surface area contributed by atoms with Gasteiger partial charge in [0.25, 0.3) is 0 Å². The number of hydrogen-bond acceptors (Lipinski definition) is 4. The van der Waals surface area contributed by atoms with Gasteiger partial charge in [0.05, 0.1) is 11.5 Å². The quantitative estimate of drug-likeness (QED) is 0.792. The molecule has 1 aromatic heterocycles. The Hall–Kier alpha value is -1.56. The fraction of sp³-hybridized carbons (Fsp3) is 0.500. The summed E-state index contributed by atoms with van der Waals surface area (Å²) in [7, 11) is -2.98. The highest BCUT2D eigenvalue weighted by Crippen LogP contribution is 2.18. The number of aryl methyl sites for hydroxylation is 1. The molecular formula is C14H19NO4S. The van der Waals surface area contributed by atoms with Crippen LogP contribution in [0.1, 0.15) is 24.9 Å². The van der Waals surface area contributed by atoms with E-state index in [1.54, 1.807) is 17.0 Å². The van der Waals surface area contributed by atoms with E-state index in [-0.39, 0.29) is 23.5 Å². The monoisotopic (exact) mass is 297 g/mol. The Morgan fingerprint density at radius 3 is 2.75 bits per heavy atom. The minimum Gasteiger partial charge on any atom is -0.462 e. The van der Waals surface area contributed by atoms with Crippen LogP contribution in [-0.2, 0) is 14.6 Å². The first kappa shape index (κ1) is 14.8. The summed E-state index contributed by atoms with van der Waals surface area (Å²) in [5.74, 6) is 1.46. The first-order chi connectivity index (χ1) is 9.41. The summed E-state index contributed by atoms with van der Waals surface area (Å²) in [4.78, 5) is 13.8. The zero-order valence-electron chi connectivity index (χ0n) is 11.7. The van der Waals surface area contributed by atoms with Crippen molar-refractivity contribution in [3.05, 3.63) is 29.7 Å². The molecule has 1 saturated heterocycles. The molecule has 1 unspecified atom stereocenters. The molecule has 5 nitrogen and oxygen atoms in total. The molecule has 0 aliphatic carbocycles. The smallest absolute Gasteiger partial charge is 0.246 e. The highest BCUT2D eigenvalue weighted by atomic mass is 32.2. The Balaban J connectivity index is 2.04. The van der Waals surface area contributed by atoms with Gasteiger partial charge >= 0.3 is 0 Å². The minimum absolute atomic E-state index is 0.0697. The summed E-state index contributed by atoms with van der Waals surface area (Å²) in [5, 5.41) is 0. The van der Waals surface area contributed by atoms with Crippen molar-refractivity contribution in [1.29, 1.82) is 0 Å². The maximum absolute atomic E-state index is 12.2. The molecule has 2 heterocycles. The van der Waals surface area contributed by atoms with Gasteiger partial charge in [-0.2, -0.15) is 0 Å². The van der Waals surface area contributed by atoms with Gasteiger partial charge in [0.1, 0.15) is 11.5 Å². The molecule has 1 amide bonds. The lowest BCUT2D eigenvalue weighted by Gasteiger charge is -2.25. The Morgan fingerprint density at radius 1 is 1.50 bits per heavy atom. The number of sulfone groups is 1. The van der Waals surface area contributed by atoms with Crippen LogP contribution in [0.15, 0.2) is 22.6 Å². The van der Waals surface area contributed by atoms with Crippen LogP contribution >= 0.6 is 0 Å². The average molecular weight is 297 g/mol. The third-order valence-electron chi connectivity index (χ3n) is 3.42. The number of carbonyl (C=O) groups is 1. The van der Waals surface area contributed by atoms with Crippen LogP contribution < -0.4 is 0 Å². The summed E-state index contributed by atoms with van der Waals surface area (Å²) in [6, 6.07) is 3.40. The molecular weight excluding hydrogens is 278 g/mol. The van der Waals surface area contributed by atoms with Crippen molar-refractivity contribution in [2.24, 2.45) is 0 Å². The Morgan fingerprint density at radius 2 is 2.25 bits per heavy atom. The van der Waals surface area contributed by atoms with Crippen molar-refractivity contribution in [2.75, 3.05) is 18.1 Å². The molecule has 0 spiro atoms. The van der Waals surface area contributed by atoms with Crippen LogP contribution in [0.25, 0.3) is 6.08 Å². The molecule has 1 atom stereocenters. The molecule has 110 valence electrons. The van der Waals surface area contributed by atoms with E-state index in [4.69, 9.17) is 4.42 Å². The molecule has 1 aromatic rings. The zero-order chi connectivity index (χ0) is 14.8. The van der Waals surface area contributed by atoms with Gasteiger partial charge in [-0.15, -0.1) is 0 Å². The van der Waals surface area contributed by atoms with Crippen molar-refractivity contribution < 1.29 is 17.6 Å². The molecule has 2 rings (SSSR count). The number of amides is 1. The molecule has 6 heteroatoms. The topological polar surface area (TPSA) is 67.6 Å². The predicted octanol–water partition coefficient (Wildman–Crippen LogP) is 1.64. The predicted molar refractivity (Wildman–Crippen MR) is 76.9 cm³/mol. The molecule has 1 fully saturated rings. The van der Waals surface area contributed by atoms with Gasteiger partial charge in [0.2, 0.25) is 5.91 Å². The second kappa shape index (κ2) is 5.83.